The maximum absolute atomic E-state index is 13.8. The van der Waals surface area contributed by atoms with Crippen LogP contribution in [0.4, 0.5) is 4.39 Å². The van der Waals surface area contributed by atoms with Gasteiger partial charge in [0.15, 0.2) is 0 Å². The van der Waals surface area contributed by atoms with E-state index >= 15 is 0 Å². The Kier molecular flexibility index (Phi) is 5.07. The highest BCUT2D eigenvalue weighted by molar-refractivity contribution is 5.66. The van der Waals surface area contributed by atoms with Crippen LogP contribution in [0.3, 0.4) is 0 Å². The summed E-state index contributed by atoms with van der Waals surface area (Å²) in [7, 11) is 1.60. The highest BCUT2D eigenvalue weighted by Gasteiger charge is 2.09. The van der Waals surface area contributed by atoms with Gasteiger partial charge in [-0.25, -0.2) is 4.39 Å². The van der Waals surface area contributed by atoms with Crippen LogP contribution in [0.15, 0.2) is 36.5 Å². The average molecular weight is 274 g/mol. The summed E-state index contributed by atoms with van der Waals surface area (Å²) in [5.74, 6) is 0.485. The molecule has 3 nitrogen and oxygen atoms in total. The van der Waals surface area contributed by atoms with E-state index in [1.165, 1.54) is 6.07 Å². The highest BCUT2D eigenvalue weighted by Crippen LogP contribution is 2.28. The van der Waals surface area contributed by atoms with Gasteiger partial charge in [-0.2, -0.15) is 0 Å². The predicted octanol–water partition coefficient (Wildman–Crippen LogP) is 3.40. The zero-order valence-corrected chi connectivity index (χ0v) is 11.8. The van der Waals surface area contributed by atoms with Crippen LogP contribution in [0.2, 0.25) is 0 Å². The third-order valence-corrected chi connectivity index (χ3v) is 3.05. The molecule has 0 saturated carbocycles. The van der Waals surface area contributed by atoms with Gasteiger partial charge < -0.3 is 10.1 Å². The lowest BCUT2D eigenvalue weighted by atomic mass is 10.1. The van der Waals surface area contributed by atoms with Gasteiger partial charge in [-0.3, -0.25) is 4.98 Å². The van der Waals surface area contributed by atoms with E-state index in [1.807, 2.05) is 18.2 Å². The molecule has 1 heterocycles. The Morgan fingerprint density at radius 1 is 1.30 bits per heavy atom. The molecule has 0 unspecified atom stereocenters. The molecule has 1 aromatic carbocycles. The first kappa shape index (κ1) is 14.5. The lowest BCUT2D eigenvalue weighted by Crippen LogP contribution is -2.14. The Morgan fingerprint density at radius 2 is 2.15 bits per heavy atom. The summed E-state index contributed by atoms with van der Waals surface area (Å²) < 4.78 is 19.1. The number of nitrogens with zero attached hydrogens (tertiary/aromatic N) is 1. The van der Waals surface area contributed by atoms with Crippen molar-refractivity contribution in [1.82, 2.24) is 10.3 Å². The van der Waals surface area contributed by atoms with Gasteiger partial charge in [-0.15, -0.1) is 0 Å². The first-order chi connectivity index (χ1) is 9.76. The van der Waals surface area contributed by atoms with Gasteiger partial charge in [0, 0.05) is 23.9 Å². The van der Waals surface area contributed by atoms with Crippen molar-refractivity contribution in [2.24, 2.45) is 0 Å². The van der Waals surface area contributed by atoms with Gasteiger partial charge in [0.25, 0.3) is 0 Å². The summed E-state index contributed by atoms with van der Waals surface area (Å²) in [5.41, 5.74) is 2.23. The molecule has 20 heavy (non-hydrogen) atoms. The molecule has 0 saturated heterocycles. The number of hydrogen-bond acceptors (Lipinski definition) is 3. The minimum atomic E-state index is -0.202. The Bertz CT molecular complexity index is 572. The van der Waals surface area contributed by atoms with Crippen LogP contribution in [-0.2, 0) is 6.54 Å². The van der Waals surface area contributed by atoms with Gasteiger partial charge in [0.05, 0.1) is 7.11 Å². The number of benzene rings is 1. The van der Waals surface area contributed by atoms with E-state index in [1.54, 1.807) is 19.4 Å². The molecular formula is C16H19FN2O. The fraction of sp³-hybridized carbons (Fsp3) is 0.312. The summed E-state index contributed by atoms with van der Waals surface area (Å²) >= 11 is 0. The Hall–Kier alpha value is -1.94. The normalized spacial score (nSPS) is 10.6. The third kappa shape index (κ3) is 3.33. The lowest BCUT2D eigenvalue weighted by molar-refractivity contribution is 0.415. The van der Waals surface area contributed by atoms with Crippen LogP contribution in [0.5, 0.6) is 5.75 Å². The maximum atomic E-state index is 13.8. The summed E-state index contributed by atoms with van der Waals surface area (Å²) in [6.07, 6.45) is 2.73. The Morgan fingerprint density at radius 3 is 2.90 bits per heavy atom. The molecule has 4 heteroatoms. The highest BCUT2D eigenvalue weighted by atomic mass is 19.1. The summed E-state index contributed by atoms with van der Waals surface area (Å²) in [4.78, 5) is 4.32. The van der Waals surface area contributed by atoms with Crippen molar-refractivity contribution in [2.45, 2.75) is 19.9 Å². The van der Waals surface area contributed by atoms with Crippen LogP contribution in [-0.4, -0.2) is 18.6 Å². The SMILES string of the molecule is CCCNCc1cc(-c2ncccc2OC)ccc1F. The van der Waals surface area contributed by atoms with E-state index in [0.29, 0.717) is 17.9 Å². The zero-order valence-electron chi connectivity index (χ0n) is 11.8. The van der Waals surface area contributed by atoms with Crippen LogP contribution < -0.4 is 10.1 Å². The monoisotopic (exact) mass is 274 g/mol. The fourth-order valence-electron chi connectivity index (χ4n) is 2.03. The van der Waals surface area contributed by atoms with Crippen molar-refractivity contribution in [3.63, 3.8) is 0 Å². The van der Waals surface area contributed by atoms with Gasteiger partial charge in [-0.1, -0.05) is 6.92 Å². The number of nitrogens with one attached hydrogen (secondary N) is 1. The molecular weight excluding hydrogens is 255 g/mol. The molecule has 2 rings (SSSR count). The van der Waals surface area contributed by atoms with E-state index in [2.05, 4.69) is 17.2 Å². The quantitative estimate of drug-likeness (QED) is 0.820. The molecule has 0 spiro atoms. The summed E-state index contributed by atoms with van der Waals surface area (Å²) in [6.45, 7) is 3.47. The molecule has 2 aromatic rings. The number of pyridine rings is 1. The van der Waals surface area contributed by atoms with E-state index in [0.717, 1.165) is 24.2 Å². The maximum Gasteiger partial charge on any atom is 0.145 e. The van der Waals surface area contributed by atoms with Crippen LogP contribution in [0.25, 0.3) is 11.3 Å². The molecule has 0 radical (unpaired) electrons. The first-order valence-corrected chi connectivity index (χ1v) is 6.74. The molecule has 1 N–H and O–H groups in total. The van der Waals surface area contributed by atoms with Gasteiger partial charge >= 0.3 is 0 Å². The predicted molar refractivity (Wildman–Crippen MR) is 78.2 cm³/mol. The number of rotatable bonds is 6. The van der Waals surface area contributed by atoms with Crippen molar-refractivity contribution >= 4 is 0 Å². The number of ether oxygens (including phenoxy) is 1. The number of methoxy groups -OCH3 is 1. The second-order valence-electron chi connectivity index (χ2n) is 4.54. The van der Waals surface area contributed by atoms with Crippen molar-refractivity contribution in [3.8, 4) is 17.0 Å². The second kappa shape index (κ2) is 7.01. The molecule has 0 aliphatic heterocycles. The van der Waals surface area contributed by atoms with E-state index in [-0.39, 0.29) is 5.82 Å². The first-order valence-electron chi connectivity index (χ1n) is 6.74. The van der Waals surface area contributed by atoms with Crippen molar-refractivity contribution in [2.75, 3.05) is 13.7 Å². The zero-order chi connectivity index (χ0) is 14.4. The summed E-state index contributed by atoms with van der Waals surface area (Å²) in [5, 5.41) is 3.21. The average Bonchev–Trinajstić information content (AvgIpc) is 2.49. The van der Waals surface area contributed by atoms with Gasteiger partial charge in [-0.05, 0) is 43.3 Å². The van der Waals surface area contributed by atoms with Crippen molar-refractivity contribution in [1.29, 1.82) is 0 Å². The van der Waals surface area contributed by atoms with Crippen LogP contribution >= 0.6 is 0 Å². The second-order valence-corrected chi connectivity index (χ2v) is 4.54. The van der Waals surface area contributed by atoms with Crippen molar-refractivity contribution in [3.05, 3.63) is 47.9 Å². The topological polar surface area (TPSA) is 34.2 Å². The number of halogens is 1. The van der Waals surface area contributed by atoms with Crippen LogP contribution in [0, 0.1) is 5.82 Å². The van der Waals surface area contributed by atoms with E-state index in [4.69, 9.17) is 4.74 Å². The van der Waals surface area contributed by atoms with Crippen molar-refractivity contribution < 1.29 is 9.13 Å². The number of aromatic nitrogens is 1. The fourth-order valence-corrected chi connectivity index (χ4v) is 2.03. The number of hydrogen-bond donors (Lipinski definition) is 1. The van der Waals surface area contributed by atoms with Crippen LogP contribution in [0.1, 0.15) is 18.9 Å². The van der Waals surface area contributed by atoms with Gasteiger partial charge in [0.1, 0.15) is 17.3 Å². The Labute approximate surface area is 118 Å². The molecule has 0 fully saturated rings. The van der Waals surface area contributed by atoms with Gasteiger partial charge in [0.2, 0.25) is 0 Å². The lowest BCUT2D eigenvalue weighted by Gasteiger charge is -2.10. The standard InChI is InChI=1S/C16H19FN2O/c1-3-8-18-11-13-10-12(6-7-14(13)17)16-15(20-2)5-4-9-19-16/h4-7,9-10,18H,3,8,11H2,1-2H3. The molecule has 106 valence electrons. The molecule has 0 aliphatic rings. The minimum absolute atomic E-state index is 0.202. The molecule has 0 amide bonds. The summed E-state index contributed by atoms with van der Waals surface area (Å²) in [6, 6.07) is 8.69. The Balaban J connectivity index is 2.30. The molecule has 0 atom stereocenters. The largest absolute Gasteiger partial charge is 0.494 e. The van der Waals surface area contributed by atoms with E-state index in [9.17, 15) is 4.39 Å². The molecule has 0 aliphatic carbocycles. The third-order valence-electron chi connectivity index (χ3n) is 3.05. The minimum Gasteiger partial charge on any atom is -0.494 e. The molecule has 0 bridgehead atoms. The smallest absolute Gasteiger partial charge is 0.145 e. The molecule has 1 aromatic heterocycles. The van der Waals surface area contributed by atoms with E-state index < -0.39 is 0 Å².